The molecule has 0 aromatic heterocycles. The summed E-state index contributed by atoms with van der Waals surface area (Å²) in [7, 11) is 0. The Balaban J connectivity index is 2.05. The Morgan fingerprint density at radius 1 is 1.04 bits per heavy atom. The Morgan fingerprint density at radius 3 is 2.38 bits per heavy atom. The molecule has 24 heavy (non-hydrogen) atoms. The van der Waals surface area contributed by atoms with Gasteiger partial charge in [0, 0.05) is 0 Å². The summed E-state index contributed by atoms with van der Waals surface area (Å²) in [5.41, 5.74) is 0.355. The molecule has 0 saturated carbocycles. The molecule has 2 aromatic carbocycles. The maximum atomic E-state index is 13.1. The van der Waals surface area contributed by atoms with E-state index in [0.717, 1.165) is 17.0 Å². The molecule has 0 atom stereocenters. The first-order chi connectivity index (χ1) is 11.5. The molecule has 1 N–H and O–H groups in total. The van der Waals surface area contributed by atoms with Crippen molar-refractivity contribution in [3.8, 4) is 5.75 Å². The van der Waals surface area contributed by atoms with Gasteiger partial charge in [0.15, 0.2) is 5.76 Å². The van der Waals surface area contributed by atoms with E-state index in [1.54, 1.807) is 31.2 Å². The van der Waals surface area contributed by atoms with Crippen LogP contribution in [-0.2, 0) is 9.59 Å². The summed E-state index contributed by atoms with van der Waals surface area (Å²) in [5.74, 6) is -2.32. The zero-order valence-corrected chi connectivity index (χ0v) is 12.8. The van der Waals surface area contributed by atoms with Gasteiger partial charge in [-0.3, -0.25) is 9.59 Å². The van der Waals surface area contributed by atoms with Gasteiger partial charge in [0.2, 0.25) is 0 Å². The molecule has 0 saturated heterocycles. The maximum absolute atomic E-state index is 13.1. The van der Waals surface area contributed by atoms with Gasteiger partial charge in [0.25, 0.3) is 5.91 Å². The number of benzene rings is 2. The highest BCUT2D eigenvalue weighted by molar-refractivity contribution is 6.45. The van der Waals surface area contributed by atoms with Crippen molar-refractivity contribution in [1.29, 1.82) is 0 Å². The third-order valence-electron chi connectivity index (χ3n) is 3.60. The van der Waals surface area contributed by atoms with Crippen LogP contribution >= 0.6 is 0 Å². The van der Waals surface area contributed by atoms with Crippen LogP contribution in [0.4, 0.5) is 10.1 Å². The predicted molar refractivity (Wildman–Crippen MR) is 86.1 cm³/mol. The van der Waals surface area contributed by atoms with E-state index >= 15 is 0 Å². The van der Waals surface area contributed by atoms with Crippen LogP contribution < -0.4 is 9.64 Å². The number of aliphatic hydroxyl groups is 1. The molecule has 122 valence electrons. The van der Waals surface area contributed by atoms with E-state index in [9.17, 15) is 19.1 Å². The Hall–Kier alpha value is -3.15. The van der Waals surface area contributed by atoms with Crippen LogP contribution in [0.25, 0.3) is 5.57 Å². The van der Waals surface area contributed by atoms with E-state index < -0.39 is 23.4 Å². The molecule has 0 aliphatic carbocycles. The molecule has 1 aliphatic heterocycles. The van der Waals surface area contributed by atoms with Crippen LogP contribution in [0.3, 0.4) is 0 Å². The number of amides is 2. The molecule has 5 nitrogen and oxygen atoms in total. The van der Waals surface area contributed by atoms with Crippen LogP contribution in [0, 0.1) is 5.82 Å². The third kappa shape index (κ3) is 2.52. The lowest BCUT2D eigenvalue weighted by molar-refractivity contribution is -0.121. The van der Waals surface area contributed by atoms with Crippen molar-refractivity contribution >= 4 is 23.1 Å². The van der Waals surface area contributed by atoms with Gasteiger partial charge < -0.3 is 9.84 Å². The van der Waals surface area contributed by atoms with Gasteiger partial charge in [-0.2, -0.15) is 0 Å². The van der Waals surface area contributed by atoms with Crippen molar-refractivity contribution in [1.82, 2.24) is 0 Å². The van der Waals surface area contributed by atoms with E-state index in [0.29, 0.717) is 12.4 Å². The number of halogens is 1. The second-order valence-electron chi connectivity index (χ2n) is 5.08. The SMILES string of the molecule is CCOc1ccccc1N1C(=O)C(O)=C(c2ccc(F)cc2)C1=O. The number of carbonyl (C=O) groups excluding carboxylic acids is 2. The molecule has 6 heteroatoms. The fourth-order valence-electron chi connectivity index (χ4n) is 2.53. The number of imide groups is 1. The Labute approximate surface area is 137 Å². The van der Waals surface area contributed by atoms with Crippen molar-refractivity contribution in [3.63, 3.8) is 0 Å². The van der Waals surface area contributed by atoms with Crippen molar-refractivity contribution in [3.05, 3.63) is 65.7 Å². The Morgan fingerprint density at radius 2 is 1.71 bits per heavy atom. The minimum absolute atomic E-state index is 0.161. The Kier molecular flexibility index (Phi) is 4.04. The molecule has 1 heterocycles. The summed E-state index contributed by atoms with van der Waals surface area (Å²) >= 11 is 0. The quantitative estimate of drug-likeness (QED) is 0.877. The first-order valence-electron chi connectivity index (χ1n) is 7.34. The molecule has 0 bridgehead atoms. The molecule has 0 fully saturated rings. The average Bonchev–Trinajstić information content (AvgIpc) is 2.79. The van der Waals surface area contributed by atoms with Gasteiger partial charge >= 0.3 is 5.91 Å². The lowest BCUT2D eigenvalue weighted by atomic mass is 10.1. The van der Waals surface area contributed by atoms with Gasteiger partial charge in [-0.15, -0.1) is 0 Å². The van der Waals surface area contributed by atoms with Gasteiger partial charge in [-0.25, -0.2) is 9.29 Å². The van der Waals surface area contributed by atoms with E-state index in [-0.39, 0.29) is 16.8 Å². The summed E-state index contributed by atoms with van der Waals surface area (Å²) in [6.07, 6.45) is 0. The molecule has 0 radical (unpaired) electrons. The van der Waals surface area contributed by atoms with Gasteiger partial charge in [0.05, 0.1) is 17.9 Å². The summed E-state index contributed by atoms with van der Waals surface area (Å²) < 4.78 is 18.5. The first kappa shape index (κ1) is 15.7. The minimum Gasteiger partial charge on any atom is -0.502 e. The van der Waals surface area contributed by atoms with E-state index in [1.807, 2.05) is 0 Å². The second kappa shape index (κ2) is 6.16. The number of ether oxygens (including phenoxy) is 1. The largest absolute Gasteiger partial charge is 0.502 e. The molecule has 2 aromatic rings. The van der Waals surface area contributed by atoms with Gasteiger partial charge in [-0.1, -0.05) is 24.3 Å². The van der Waals surface area contributed by atoms with E-state index in [4.69, 9.17) is 4.74 Å². The molecule has 1 aliphatic rings. The molecule has 0 unspecified atom stereocenters. The Bertz CT molecular complexity index is 842. The van der Waals surface area contributed by atoms with Crippen LogP contribution in [-0.4, -0.2) is 23.5 Å². The number of nitrogens with zero attached hydrogens (tertiary/aromatic N) is 1. The number of hydrogen-bond acceptors (Lipinski definition) is 4. The number of anilines is 1. The molecular formula is C18H14FNO4. The normalized spacial score (nSPS) is 14.5. The number of carbonyl (C=O) groups is 2. The second-order valence-corrected chi connectivity index (χ2v) is 5.08. The molecule has 2 amide bonds. The lowest BCUT2D eigenvalue weighted by Gasteiger charge is -2.18. The topological polar surface area (TPSA) is 66.8 Å². The van der Waals surface area contributed by atoms with Crippen LogP contribution in [0.2, 0.25) is 0 Å². The zero-order valence-electron chi connectivity index (χ0n) is 12.8. The maximum Gasteiger partial charge on any atom is 0.301 e. The van der Waals surface area contributed by atoms with Crippen LogP contribution in [0.1, 0.15) is 12.5 Å². The number of hydrogen-bond donors (Lipinski definition) is 1. The number of rotatable bonds is 4. The summed E-state index contributed by atoms with van der Waals surface area (Å²) in [5, 5.41) is 10.1. The van der Waals surface area contributed by atoms with Crippen molar-refractivity contribution in [2.75, 3.05) is 11.5 Å². The number of para-hydroxylation sites is 2. The van der Waals surface area contributed by atoms with Crippen molar-refractivity contribution < 1.29 is 23.8 Å². The average molecular weight is 327 g/mol. The minimum atomic E-state index is -0.841. The van der Waals surface area contributed by atoms with E-state index in [2.05, 4.69) is 0 Å². The summed E-state index contributed by atoms with van der Waals surface area (Å²) in [4.78, 5) is 26.0. The van der Waals surface area contributed by atoms with Crippen LogP contribution in [0.5, 0.6) is 5.75 Å². The van der Waals surface area contributed by atoms with Crippen LogP contribution in [0.15, 0.2) is 54.3 Å². The summed E-state index contributed by atoms with van der Waals surface area (Å²) in [6, 6.07) is 11.6. The molecule has 0 spiro atoms. The smallest absolute Gasteiger partial charge is 0.301 e. The van der Waals surface area contributed by atoms with Crippen molar-refractivity contribution in [2.45, 2.75) is 6.92 Å². The fraction of sp³-hybridized carbons (Fsp3) is 0.111. The molecule has 3 rings (SSSR count). The van der Waals surface area contributed by atoms with Crippen molar-refractivity contribution in [2.24, 2.45) is 0 Å². The monoisotopic (exact) mass is 327 g/mol. The lowest BCUT2D eigenvalue weighted by Crippen LogP contribution is -2.32. The predicted octanol–water partition coefficient (Wildman–Crippen LogP) is 3.07. The summed E-state index contributed by atoms with van der Waals surface area (Å²) in [6.45, 7) is 2.14. The third-order valence-corrected chi connectivity index (χ3v) is 3.60. The van der Waals surface area contributed by atoms with Gasteiger partial charge in [-0.05, 0) is 36.8 Å². The number of aliphatic hydroxyl groups excluding tert-OH is 1. The highest BCUT2D eigenvalue weighted by Crippen LogP contribution is 2.36. The molecular weight excluding hydrogens is 313 g/mol. The highest BCUT2D eigenvalue weighted by atomic mass is 19.1. The zero-order chi connectivity index (χ0) is 17.3. The van der Waals surface area contributed by atoms with E-state index in [1.165, 1.54) is 12.1 Å². The fourth-order valence-corrected chi connectivity index (χ4v) is 2.53. The highest BCUT2D eigenvalue weighted by Gasteiger charge is 2.41. The first-order valence-corrected chi connectivity index (χ1v) is 7.34. The standard InChI is InChI=1S/C18H14FNO4/c1-2-24-14-6-4-3-5-13(14)20-17(22)15(16(21)18(20)23)11-7-9-12(19)10-8-11/h3-10,21H,2H2,1H3. The van der Waals surface area contributed by atoms with Gasteiger partial charge in [0.1, 0.15) is 11.6 Å².